The molecule has 0 unspecified atom stereocenters. The van der Waals surface area contributed by atoms with Crippen LogP contribution in [0.5, 0.6) is 11.6 Å². The lowest BCUT2D eigenvalue weighted by molar-refractivity contribution is -0.274. The highest BCUT2D eigenvalue weighted by atomic mass is 19.4. The van der Waals surface area contributed by atoms with Gasteiger partial charge in [0.05, 0.1) is 6.61 Å². The van der Waals surface area contributed by atoms with E-state index in [0.717, 1.165) is 0 Å². The van der Waals surface area contributed by atoms with E-state index in [1.165, 1.54) is 18.2 Å². The third-order valence-corrected chi connectivity index (χ3v) is 2.41. The van der Waals surface area contributed by atoms with Crippen molar-refractivity contribution in [1.82, 2.24) is 4.98 Å². The van der Waals surface area contributed by atoms with E-state index in [1.54, 1.807) is 30.5 Å². The third-order valence-electron chi connectivity index (χ3n) is 2.41. The number of rotatable bonds is 5. The summed E-state index contributed by atoms with van der Waals surface area (Å²) in [5.41, 5.74) is 0.697. The van der Waals surface area contributed by atoms with Gasteiger partial charge >= 0.3 is 6.36 Å². The fraction of sp³-hybridized carbons (Fsp3) is 0.214. The van der Waals surface area contributed by atoms with Gasteiger partial charge in [-0.1, -0.05) is 18.2 Å². The number of alkyl halides is 3. The monoisotopic (exact) mass is 283 g/mol. The molecule has 106 valence electrons. The van der Waals surface area contributed by atoms with Crippen LogP contribution >= 0.6 is 0 Å². The molecule has 0 amide bonds. The number of aromatic nitrogens is 1. The Labute approximate surface area is 114 Å². The van der Waals surface area contributed by atoms with Gasteiger partial charge in [0.1, 0.15) is 5.75 Å². The molecule has 0 bridgehead atoms. The summed E-state index contributed by atoms with van der Waals surface area (Å²) < 4.78 is 45.5. The molecule has 0 aliphatic heterocycles. The minimum atomic E-state index is -4.68. The number of hydrogen-bond acceptors (Lipinski definition) is 3. The van der Waals surface area contributed by atoms with Gasteiger partial charge in [0.2, 0.25) is 5.88 Å². The largest absolute Gasteiger partial charge is 0.573 e. The van der Waals surface area contributed by atoms with Gasteiger partial charge in [-0.15, -0.1) is 13.2 Å². The molecule has 0 N–H and O–H groups in total. The van der Waals surface area contributed by atoms with Crippen molar-refractivity contribution in [2.24, 2.45) is 0 Å². The molecule has 6 heteroatoms. The van der Waals surface area contributed by atoms with Crippen molar-refractivity contribution in [3.63, 3.8) is 0 Å². The first-order chi connectivity index (χ1) is 9.53. The average molecular weight is 283 g/mol. The van der Waals surface area contributed by atoms with E-state index in [0.29, 0.717) is 24.5 Å². The first kappa shape index (κ1) is 14.2. The van der Waals surface area contributed by atoms with Gasteiger partial charge in [0.25, 0.3) is 0 Å². The normalized spacial score (nSPS) is 11.2. The lowest BCUT2D eigenvalue weighted by Gasteiger charge is -2.10. The van der Waals surface area contributed by atoms with Crippen molar-refractivity contribution in [2.45, 2.75) is 12.8 Å². The number of hydrogen-bond donors (Lipinski definition) is 0. The Morgan fingerprint density at radius 1 is 1.05 bits per heavy atom. The van der Waals surface area contributed by atoms with Gasteiger partial charge in [-0.25, -0.2) is 4.98 Å². The Balaban J connectivity index is 1.88. The summed E-state index contributed by atoms with van der Waals surface area (Å²) in [6.07, 6.45) is -2.61. The highest BCUT2D eigenvalue weighted by Crippen LogP contribution is 2.23. The topological polar surface area (TPSA) is 31.4 Å². The zero-order chi connectivity index (χ0) is 14.4. The van der Waals surface area contributed by atoms with Crippen LogP contribution in [0.2, 0.25) is 0 Å². The minimum Gasteiger partial charge on any atom is -0.477 e. The molecule has 0 aliphatic rings. The molecule has 0 saturated carbocycles. The summed E-state index contributed by atoms with van der Waals surface area (Å²) in [4.78, 5) is 3.98. The zero-order valence-electron chi connectivity index (χ0n) is 10.4. The first-order valence-electron chi connectivity index (χ1n) is 5.91. The van der Waals surface area contributed by atoms with E-state index in [2.05, 4.69) is 9.72 Å². The summed E-state index contributed by atoms with van der Waals surface area (Å²) in [6.45, 7) is 0.326. The lowest BCUT2D eigenvalue weighted by Crippen LogP contribution is -2.17. The summed E-state index contributed by atoms with van der Waals surface area (Å²) in [5, 5.41) is 0. The van der Waals surface area contributed by atoms with E-state index in [1.807, 2.05) is 0 Å². The fourth-order valence-corrected chi connectivity index (χ4v) is 1.60. The summed E-state index contributed by atoms with van der Waals surface area (Å²) >= 11 is 0. The minimum absolute atomic E-state index is 0.229. The Morgan fingerprint density at radius 2 is 1.90 bits per heavy atom. The quantitative estimate of drug-likeness (QED) is 0.840. The van der Waals surface area contributed by atoms with Gasteiger partial charge < -0.3 is 9.47 Å². The predicted octanol–water partition coefficient (Wildman–Crippen LogP) is 3.60. The van der Waals surface area contributed by atoms with E-state index in [9.17, 15) is 13.2 Å². The molecular weight excluding hydrogens is 271 g/mol. The van der Waals surface area contributed by atoms with Gasteiger partial charge in [0.15, 0.2) is 0 Å². The van der Waals surface area contributed by atoms with Crippen LogP contribution in [0.25, 0.3) is 0 Å². The van der Waals surface area contributed by atoms with Crippen molar-refractivity contribution in [2.75, 3.05) is 6.61 Å². The van der Waals surface area contributed by atoms with Crippen molar-refractivity contribution < 1.29 is 22.6 Å². The van der Waals surface area contributed by atoms with Crippen LogP contribution in [0.15, 0.2) is 48.7 Å². The molecule has 0 atom stereocenters. The zero-order valence-corrected chi connectivity index (χ0v) is 10.4. The standard InChI is InChI=1S/C14H12F3NO2/c15-14(16,17)20-12-5-3-4-11(10-12)7-9-19-13-6-1-2-8-18-13/h1-6,8,10H,7,9H2. The molecule has 2 rings (SSSR count). The molecule has 2 aromatic rings. The maximum Gasteiger partial charge on any atom is 0.573 e. The molecule has 0 spiro atoms. The number of halogens is 3. The maximum absolute atomic E-state index is 12.1. The van der Waals surface area contributed by atoms with Crippen LogP contribution in [0.3, 0.4) is 0 Å². The maximum atomic E-state index is 12.1. The number of ether oxygens (including phenoxy) is 2. The van der Waals surface area contributed by atoms with Gasteiger partial charge in [-0.3, -0.25) is 0 Å². The summed E-state index contributed by atoms with van der Waals surface area (Å²) in [5.74, 6) is 0.253. The highest BCUT2D eigenvalue weighted by Gasteiger charge is 2.31. The summed E-state index contributed by atoms with van der Waals surface area (Å²) in [7, 11) is 0. The lowest BCUT2D eigenvalue weighted by atomic mass is 10.1. The SMILES string of the molecule is FC(F)(F)Oc1cccc(CCOc2ccccn2)c1. The second kappa shape index (κ2) is 6.27. The molecule has 3 nitrogen and oxygen atoms in total. The van der Waals surface area contributed by atoms with Crippen LogP contribution < -0.4 is 9.47 Å². The van der Waals surface area contributed by atoms with E-state index in [-0.39, 0.29) is 5.75 Å². The van der Waals surface area contributed by atoms with Crippen molar-refractivity contribution in [3.05, 3.63) is 54.2 Å². The van der Waals surface area contributed by atoms with Crippen LogP contribution in [0.4, 0.5) is 13.2 Å². The average Bonchev–Trinajstić information content (AvgIpc) is 2.38. The Hall–Kier alpha value is -2.24. The number of pyridine rings is 1. The molecule has 0 radical (unpaired) electrons. The smallest absolute Gasteiger partial charge is 0.477 e. The Bertz CT molecular complexity index is 544. The molecule has 1 heterocycles. The Kier molecular flexibility index (Phi) is 4.45. The van der Waals surface area contributed by atoms with Crippen LogP contribution in [0.1, 0.15) is 5.56 Å². The molecule has 1 aromatic carbocycles. The molecule has 0 saturated heterocycles. The van der Waals surface area contributed by atoms with E-state index < -0.39 is 6.36 Å². The third kappa shape index (κ3) is 4.79. The van der Waals surface area contributed by atoms with E-state index in [4.69, 9.17) is 4.74 Å². The second-order valence-electron chi connectivity index (χ2n) is 3.96. The first-order valence-corrected chi connectivity index (χ1v) is 5.91. The molecule has 0 fully saturated rings. The highest BCUT2D eigenvalue weighted by molar-refractivity contribution is 5.28. The number of nitrogens with zero attached hydrogens (tertiary/aromatic N) is 1. The van der Waals surface area contributed by atoms with Crippen LogP contribution in [0, 0.1) is 0 Å². The number of benzene rings is 1. The van der Waals surface area contributed by atoms with Gasteiger partial charge in [0, 0.05) is 18.7 Å². The van der Waals surface area contributed by atoms with Crippen molar-refractivity contribution in [1.29, 1.82) is 0 Å². The second-order valence-corrected chi connectivity index (χ2v) is 3.96. The fourth-order valence-electron chi connectivity index (χ4n) is 1.60. The Morgan fingerprint density at radius 3 is 2.60 bits per heavy atom. The van der Waals surface area contributed by atoms with Crippen molar-refractivity contribution in [3.8, 4) is 11.6 Å². The molecule has 0 aliphatic carbocycles. The van der Waals surface area contributed by atoms with Crippen LogP contribution in [-0.2, 0) is 6.42 Å². The van der Waals surface area contributed by atoms with Gasteiger partial charge in [-0.05, 0) is 23.8 Å². The van der Waals surface area contributed by atoms with Gasteiger partial charge in [-0.2, -0.15) is 0 Å². The predicted molar refractivity (Wildman–Crippen MR) is 66.6 cm³/mol. The van der Waals surface area contributed by atoms with E-state index >= 15 is 0 Å². The molecule has 20 heavy (non-hydrogen) atoms. The molecular formula is C14H12F3NO2. The summed E-state index contributed by atoms with van der Waals surface area (Å²) in [6, 6.07) is 11.1. The molecule has 1 aromatic heterocycles. The van der Waals surface area contributed by atoms with Crippen LogP contribution in [-0.4, -0.2) is 18.0 Å². The van der Waals surface area contributed by atoms with Crippen molar-refractivity contribution >= 4 is 0 Å².